The maximum absolute atomic E-state index is 4.70. The van der Waals surface area contributed by atoms with E-state index in [1.165, 1.54) is 17.5 Å². The summed E-state index contributed by atoms with van der Waals surface area (Å²) in [5, 5.41) is 0. The number of nitrogens with zero attached hydrogens (tertiary/aromatic N) is 6. The molecule has 0 saturated heterocycles. The van der Waals surface area contributed by atoms with Crippen molar-refractivity contribution in [2.75, 3.05) is 6.54 Å². The summed E-state index contributed by atoms with van der Waals surface area (Å²) in [7, 11) is 0. The van der Waals surface area contributed by atoms with Gasteiger partial charge in [0.1, 0.15) is 10.9 Å². The first-order valence-corrected chi connectivity index (χ1v) is 8.51. The van der Waals surface area contributed by atoms with Crippen molar-refractivity contribution < 1.29 is 0 Å². The van der Waals surface area contributed by atoms with E-state index in [0.717, 1.165) is 41.9 Å². The van der Waals surface area contributed by atoms with Gasteiger partial charge >= 0.3 is 0 Å². The summed E-state index contributed by atoms with van der Waals surface area (Å²) in [6.45, 7) is 2.68. The molecule has 1 aliphatic heterocycles. The zero-order chi connectivity index (χ0) is 16.4. The number of hydrogen-bond donors (Lipinski definition) is 0. The third-order valence-corrected chi connectivity index (χ3v) is 4.78. The number of pyridine rings is 1. The summed E-state index contributed by atoms with van der Waals surface area (Å²) >= 11 is 3.52. The zero-order valence-electron chi connectivity index (χ0n) is 12.9. The van der Waals surface area contributed by atoms with E-state index in [2.05, 4.69) is 46.8 Å². The van der Waals surface area contributed by atoms with Crippen LogP contribution in [0.25, 0.3) is 11.4 Å². The van der Waals surface area contributed by atoms with Crippen molar-refractivity contribution in [3.05, 3.63) is 64.7 Å². The average molecular weight is 383 g/mol. The number of hydrogen-bond acceptors (Lipinski definition) is 6. The van der Waals surface area contributed by atoms with Crippen LogP contribution in [0.4, 0.5) is 0 Å². The third kappa shape index (κ3) is 3.18. The molecule has 0 aromatic carbocycles. The summed E-state index contributed by atoms with van der Waals surface area (Å²) in [5.74, 6) is 0.692. The van der Waals surface area contributed by atoms with Crippen LogP contribution in [-0.2, 0) is 19.5 Å². The highest BCUT2D eigenvalue weighted by molar-refractivity contribution is 9.10. The molecule has 1 aliphatic rings. The quantitative estimate of drug-likeness (QED) is 0.648. The first kappa shape index (κ1) is 15.3. The number of fused-ring (bicyclic) bond motifs is 1. The highest BCUT2D eigenvalue weighted by atomic mass is 79.9. The van der Waals surface area contributed by atoms with Gasteiger partial charge in [0.05, 0.1) is 11.3 Å². The van der Waals surface area contributed by atoms with Crippen molar-refractivity contribution in [3.8, 4) is 11.4 Å². The van der Waals surface area contributed by atoms with Gasteiger partial charge in [0.15, 0.2) is 5.82 Å². The molecule has 0 radical (unpaired) electrons. The molecule has 0 unspecified atom stereocenters. The maximum Gasteiger partial charge on any atom is 0.162 e. The van der Waals surface area contributed by atoms with Crippen LogP contribution >= 0.6 is 15.9 Å². The molecule has 3 aromatic heterocycles. The van der Waals surface area contributed by atoms with Crippen molar-refractivity contribution in [1.82, 2.24) is 29.8 Å². The van der Waals surface area contributed by atoms with Crippen LogP contribution in [0.1, 0.15) is 16.8 Å². The van der Waals surface area contributed by atoms with Gasteiger partial charge in [-0.2, -0.15) is 0 Å². The van der Waals surface area contributed by atoms with E-state index in [1.54, 1.807) is 18.6 Å². The summed E-state index contributed by atoms with van der Waals surface area (Å²) in [4.78, 5) is 23.9. The van der Waals surface area contributed by atoms with E-state index in [9.17, 15) is 0 Å². The van der Waals surface area contributed by atoms with Gasteiger partial charge in [-0.15, -0.1) is 0 Å². The molecule has 7 heteroatoms. The summed E-state index contributed by atoms with van der Waals surface area (Å²) in [6.07, 6.45) is 9.62. The smallest absolute Gasteiger partial charge is 0.162 e. The second kappa shape index (κ2) is 6.70. The monoisotopic (exact) mass is 382 g/mol. The van der Waals surface area contributed by atoms with Gasteiger partial charge in [-0.25, -0.2) is 24.9 Å². The third-order valence-electron chi connectivity index (χ3n) is 4.06. The molecular formula is C17H15BrN6. The van der Waals surface area contributed by atoms with E-state index < -0.39 is 0 Å². The lowest BCUT2D eigenvalue weighted by Crippen LogP contribution is -2.31. The fourth-order valence-electron chi connectivity index (χ4n) is 2.84. The van der Waals surface area contributed by atoms with Crippen LogP contribution in [0.15, 0.2) is 47.9 Å². The summed E-state index contributed by atoms with van der Waals surface area (Å²) in [6, 6.07) is 4.07. The van der Waals surface area contributed by atoms with E-state index in [4.69, 9.17) is 4.98 Å². The van der Waals surface area contributed by atoms with Crippen molar-refractivity contribution in [2.45, 2.75) is 19.5 Å². The van der Waals surface area contributed by atoms with Crippen LogP contribution in [0.3, 0.4) is 0 Å². The van der Waals surface area contributed by atoms with Gasteiger partial charge in [-0.05, 0) is 27.6 Å². The lowest BCUT2D eigenvalue weighted by atomic mass is 10.1. The van der Waals surface area contributed by atoms with Crippen molar-refractivity contribution in [2.24, 2.45) is 0 Å². The molecule has 0 bridgehead atoms. The Morgan fingerprint density at radius 2 is 2.00 bits per heavy atom. The SMILES string of the molecule is Brc1ncccc1CN1CCc2nc(-c3cncnc3)ncc2C1. The minimum atomic E-state index is 0.692. The Bertz CT molecular complexity index is 855. The Balaban J connectivity index is 1.53. The predicted molar refractivity (Wildman–Crippen MR) is 92.8 cm³/mol. The molecule has 0 N–H and O–H groups in total. The molecule has 0 aliphatic carbocycles. The molecule has 0 fully saturated rings. The minimum absolute atomic E-state index is 0.692. The molecule has 24 heavy (non-hydrogen) atoms. The van der Waals surface area contributed by atoms with E-state index in [1.807, 2.05) is 12.3 Å². The normalized spacial score (nSPS) is 14.4. The largest absolute Gasteiger partial charge is 0.294 e. The number of rotatable bonds is 3. The fraction of sp³-hybridized carbons (Fsp3) is 0.235. The van der Waals surface area contributed by atoms with Gasteiger partial charge in [0, 0.05) is 56.4 Å². The lowest BCUT2D eigenvalue weighted by molar-refractivity contribution is 0.242. The molecule has 0 atom stereocenters. The lowest BCUT2D eigenvalue weighted by Gasteiger charge is -2.28. The average Bonchev–Trinajstić information content (AvgIpc) is 2.64. The van der Waals surface area contributed by atoms with Crippen LogP contribution < -0.4 is 0 Å². The number of halogens is 1. The van der Waals surface area contributed by atoms with Crippen LogP contribution in [0.2, 0.25) is 0 Å². The Labute approximate surface area is 148 Å². The van der Waals surface area contributed by atoms with Crippen molar-refractivity contribution >= 4 is 15.9 Å². The van der Waals surface area contributed by atoms with E-state index >= 15 is 0 Å². The molecule has 0 spiro atoms. The summed E-state index contributed by atoms with van der Waals surface area (Å²) < 4.78 is 0.909. The Hall–Kier alpha value is -2.25. The Kier molecular flexibility index (Phi) is 4.27. The maximum atomic E-state index is 4.70. The second-order valence-corrected chi connectivity index (χ2v) is 6.46. The highest BCUT2D eigenvalue weighted by Crippen LogP contribution is 2.23. The molecule has 4 rings (SSSR count). The molecule has 120 valence electrons. The Morgan fingerprint density at radius 3 is 2.83 bits per heavy atom. The summed E-state index contributed by atoms with van der Waals surface area (Å²) in [5.41, 5.74) is 4.34. The van der Waals surface area contributed by atoms with E-state index in [-0.39, 0.29) is 0 Å². The van der Waals surface area contributed by atoms with Crippen molar-refractivity contribution in [1.29, 1.82) is 0 Å². The molecule has 3 aromatic rings. The Morgan fingerprint density at radius 1 is 1.12 bits per heavy atom. The fourth-order valence-corrected chi connectivity index (χ4v) is 3.22. The van der Waals surface area contributed by atoms with Crippen LogP contribution in [0, 0.1) is 0 Å². The van der Waals surface area contributed by atoms with Gasteiger partial charge < -0.3 is 0 Å². The standard InChI is InChI=1S/C17H15BrN6/c18-16-12(2-1-4-21-16)9-24-5-3-15-14(10-24)8-22-17(23-15)13-6-19-11-20-7-13/h1-2,4,6-8,11H,3,5,9-10H2. The topological polar surface area (TPSA) is 67.7 Å². The molecule has 4 heterocycles. The zero-order valence-corrected chi connectivity index (χ0v) is 14.5. The first-order valence-electron chi connectivity index (χ1n) is 7.71. The van der Waals surface area contributed by atoms with Gasteiger partial charge in [0.2, 0.25) is 0 Å². The second-order valence-electron chi connectivity index (χ2n) is 5.71. The van der Waals surface area contributed by atoms with Crippen LogP contribution in [-0.4, -0.2) is 36.4 Å². The van der Waals surface area contributed by atoms with Gasteiger partial charge in [0.25, 0.3) is 0 Å². The molecule has 6 nitrogen and oxygen atoms in total. The van der Waals surface area contributed by atoms with Crippen LogP contribution in [0.5, 0.6) is 0 Å². The minimum Gasteiger partial charge on any atom is -0.294 e. The first-order chi connectivity index (χ1) is 11.8. The van der Waals surface area contributed by atoms with Gasteiger partial charge in [-0.3, -0.25) is 4.90 Å². The highest BCUT2D eigenvalue weighted by Gasteiger charge is 2.19. The van der Waals surface area contributed by atoms with Crippen molar-refractivity contribution in [3.63, 3.8) is 0 Å². The molecular weight excluding hydrogens is 368 g/mol. The van der Waals surface area contributed by atoms with Gasteiger partial charge in [-0.1, -0.05) is 6.07 Å². The predicted octanol–water partition coefficient (Wildman–Crippen LogP) is 2.65. The van der Waals surface area contributed by atoms with E-state index in [0.29, 0.717) is 5.82 Å². The number of aromatic nitrogens is 5. The molecule has 0 amide bonds. The molecule has 0 saturated carbocycles.